The van der Waals surface area contributed by atoms with Gasteiger partial charge in [0.2, 0.25) is 0 Å². The molecule has 0 aromatic heterocycles. The number of halogens is 3. The molecule has 0 saturated carbocycles. The molecule has 2 rings (SSSR count). The van der Waals surface area contributed by atoms with Gasteiger partial charge in [0.25, 0.3) is 6.43 Å². The zero-order chi connectivity index (χ0) is 14.7. The molecule has 0 amide bonds. The summed E-state index contributed by atoms with van der Waals surface area (Å²) in [5.74, 6) is -0.345. The van der Waals surface area contributed by atoms with Crippen LogP contribution in [0.5, 0.6) is 0 Å². The molecule has 0 aliphatic carbocycles. The molecule has 0 aliphatic rings. The molecule has 0 bridgehead atoms. The van der Waals surface area contributed by atoms with Crippen LogP contribution in [0.15, 0.2) is 42.5 Å². The Morgan fingerprint density at radius 1 is 1.15 bits per heavy atom. The van der Waals surface area contributed by atoms with Crippen LogP contribution in [0.4, 0.5) is 24.5 Å². The average molecular weight is 280 g/mol. The van der Waals surface area contributed by atoms with Crippen molar-refractivity contribution in [3.8, 4) is 0 Å². The summed E-state index contributed by atoms with van der Waals surface area (Å²) in [6.45, 7) is 0.335. The number of anilines is 2. The van der Waals surface area contributed by atoms with E-state index in [1.807, 2.05) is 0 Å². The molecule has 2 nitrogen and oxygen atoms in total. The topological polar surface area (TPSA) is 29.3 Å². The lowest BCUT2D eigenvalue weighted by molar-refractivity contribution is 0.152. The van der Waals surface area contributed by atoms with Gasteiger partial charge in [-0.25, -0.2) is 13.2 Å². The van der Waals surface area contributed by atoms with E-state index in [2.05, 4.69) is 0 Å². The fraction of sp³-hybridized carbons (Fsp3) is 0.200. The van der Waals surface area contributed by atoms with Crippen molar-refractivity contribution in [2.75, 3.05) is 17.7 Å². The zero-order valence-corrected chi connectivity index (χ0v) is 11.0. The van der Waals surface area contributed by atoms with E-state index in [1.54, 1.807) is 36.2 Å². The number of rotatable bonds is 4. The molecule has 2 aromatic rings. The highest BCUT2D eigenvalue weighted by atomic mass is 19.3. The summed E-state index contributed by atoms with van der Waals surface area (Å²) < 4.78 is 39.2. The normalized spacial score (nSPS) is 10.8. The summed E-state index contributed by atoms with van der Waals surface area (Å²) in [5.41, 5.74) is 6.81. The summed E-state index contributed by atoms with van der Waals surface area (Å²) in [6.07, 6.45) is -2.61. The number of hydrogen-bond acceptors (Lipinski definition) is 2. The van der Waals surface area contributed by atoms with E-state index in [0.29, 0.717) is 23.5 Å². The lowest BCUT2D eigenvalue weighted by atomic mass is 10.1. The Morgan fingerprint density at radius 2 is 1.90 bits per heavy atom. The van der Waals surface area contributed by atoms with Crippen LogP contribution in [0.1, 0.15) is 17.6 Å². The van der Waals surface area contributed by atoms with Gasteiger partial charge in [-0.2, -0.15) is 0 Å². The first kappa shape index (κ1) is 14.2. The zero-order valence-electron chi connectivity index (χ0n) is 11.0. The van der Waals surface area contributed by atoms with Crippen LogP contribution < -0.4 is 10.6 Å². The van der Waals surface area contributed by atoms with Gasteiger partial charge >= 0.3 is 0 Å². The van der Waals surface area contributed by atoms with Crippen LogP contribution in [-0.4, -0.2) is 7.05 Å². The number of alkyl halides is 2. The number of nitrogens with two attached hydrogens (primary N) is 1. The highest BCUT2D eigenvalue weighted by Gasteiger charge is 2.16. The van der Waals surface area contributed by atoms with Gasteiger partial charge in [-0.1, -0.05) is 12.1 Å². The predicted octanol–water partition coefficient (Wildman–Crippen LogP) is 3.98. The number of nitrogen functional groups attached to an aromatic ring is 1. The smallest absolute Gasteiger partial charge is 0.265 e. The van der Waals surface area contributed by atoms with Crippen molar-refractivity contribution in [2.24, 2.45) is 0 Å². The van der Waals surface area contributed by atoms with Gasteiger partial charge in [0.05, 0.1) is 0 Å². The molecule has 0 heterocycles. The van der Waals surface area contributed by atoms with E-state index in [0.717, 1.165) is 0 Å². The maximum atomic E-state index is 13.1. The first-order valence-corrected chi connectivity index (χ1v) is 6.10. The van der Waals surface area contributed by atoms with E-state index in [4.69, 9.17) is 5.73 Å². The molecule has 5 heteroatoms. The lowest BCUT2D eigenvalue weighted by Crippen LogP contribution is -2.18. The fourth-order valence-electron chi connectivity index (χ4n) is 2.09. The fourth-order valence-corrected chi connectivity index (χ4v) is 2.09. The van der Waals surface area contributed by atoms with Gasteiger partial charge in [0.15, 0.2) is 0 Å². The molecule has 2 N–H and O–H groups in total. The molecule has 0 spiro atoms. The van der Waals surface area contributed by atoms with Gasteiger partial charge < -0.3 is 10.6 Å². The SMILES string of the molecule is CN(Cc1cccc(F)c1)c1ccc(N)cc1C(F)F. The van der Waals surface area contributed by atoms with E-state index >= 15 is 0 Å². The van der Waals surface area contributed by atoms with Crippen molar-refractivity contribution in [2.45, 2.75) is 13.0 Å². The van der Waals surface area contributed by atoms with E-state index in [-0.39, 0.29) is 11.4 Å². The Balaban J connectivity index is 2.27. The first-order chi connectivity index (χ1) is 9.47. The Labute approximate surface area is 115 Å². The maximum Gasteiger partial charge on any atom is 0.265 e. The largest absolute Gasteiger partial charge is 0.399 e. The van der Waals surface area contributed by atoms with Crippen molar-refractivity contribution >= 4 is 11.4 Å². The van der Waals surface area contributed by atoms with Crippen molar-refractivity contribution in [3.63, 3.8) is 0 Å². The second-order valence-electron chi connectivity index (χ2n) is 4.60. The van der Waals surface area contributed by atoms with Crippen LogP contribution in [0.3, 0.4) is 0 Å². The lowest BCUT2D eigenvalue weighted by Gasteiger charge is -2.22. The van der Waals surface area contributed by atoms with Gasteiger partial charge in [0, 0.05) is 30.5 Å². The Bertz CT molecular complexity index is 599. The van der Waals surface area contributed by atoms with Crippen molar-refractivity contribution in [1.29, 1.82) is 0 Å². The summed E-state index contributed by atoms with van der Waals surface area (Å²) in [5, 5.41) is 0. The standard InChI is InChI=1S/C15H15F3N2/c1-20(9-10-3-2-4-11(16)7-10)14-6-5-12(19)8-13(14)15(17)18/h2-8,15H,9,19H2,1H3. The van der Waals surface area contributed by atoms with Gasteiger partial charge in [-0.05, 0) is 35.9 Å². The molecule has 0 fully saturated rings. The Kier molecular flexibility index (Phi) is 4.17. The second kappa shape index (κ2) is 5.86. The average Bonchev–Trinajstić information content (AvgIpc) is 2.38. The quantitative estimate of drug-likeness (QED) is 0.858. The third kappa shape index (κ3) is 3.23. The highest BCUT2D eigenvalue weighted by molar-refractivity contribution is 5.60. The van der Waals surface area contributed by atoms with E-state index in [9.17, 15) is 13.2 Å². The summed E-state index contributed by atoms with van der Waals surface area (Å²) in [4.78, 5) is 1.65. The molecule has 20 heavy (non-hydrogen) atoms. The number of nitrogens with zero attached hydrogens (tertiary/aromatic N) is 1. The van der Waals surface area contributed by atoms with Crippen LogP contribution in [-0.2, 0) is 6.54 Å². The molecule has 0 aliphatic heterocycles. The molecule has 0 atom stereocenters. The summed E-state index contributed by atoms with van der Waals surface area (Å²) in [6, 6.07) is 10.5. The Hall–Kier alpha value is -2.17. The maximum absolute atomic E-state index is 13.1. The molecule has 0 saturated heterocycles. The van der Waals surface area contributed by atoms with Gasteiger partial charge in [0.1, 0.15) is 5.82 Å². The first-order valence-electron chi connectivity index (χ1n) is 6.10. The molecule has 2 aromatic carbocycles. The monoisotopic (exact) mass is 280 g/mol. The summed E-state index contributed by atoms with van der Waals surface area (Å²) in [7, 11) is 1.68. The number of benzene rings is 2. The van der Waals surface area contributed by atoms with Crippen LogP contribution in [0.2, 0.25) is 0 Å². The third-order valence-corrected chi connectivity index (χ3v) is 3.01. The predicted molar refractivity (Wildman–Crippen MR) is 74.3 cm³/mol. The van der Waals surface area contributed by atoms with E-state index < -0.39 is 6.43 Å². The van der Waals surface area contributed by atoms with Gasteiger partial charge in [-0.3, -0.25) is 0 Å². The van der Waals surface area contributed by atoms with Crippen molar-refractivity contribution in [1.82, 2.24) is 0 Å². The van der Waals surface area contributed by atoms with Crippen molar-refractivity contribution < 1.29 is 13.2 Å². The third-order valence-electron chi connectivity index (χ3n) is 3.01. The molecular formula is C15H15F3N2. The van der Waals surface area contributed by atoms with Crippen LogP contribution >= 0.6 is 0 Å². The van der Waals surface area contributed by atoms with Crippen molar-refractivity contribution in [3.05, 3.63) is 59.4 Å². The van der Waals surface area contributed by atoms with Crippen LogP contribution in [0.25, 0.3) is 0 Å². The molecule has 0 unspecified atom stereocenters. The minimum Gasteiger partial charge on any atom is -0.399 e. The minimum absolute atomic E-state index is 0.121. The van der Waals surface area contributed by atoms with Crippen LogP contribution in [0, 0.1) is 5.82 Å². The minimum atomic E-state index is -2.61. The Morgan fingerprint density at radius 3 is 2.55 bits per heavy atom. The molecule has 0 radical (unpaired) electrons. The second-order valence-corrected chi connectivity index (χ2v) is 4.60. The van der Waals surface area contributed by atoms with Gasteiger partial charge in [-0.15, -0.1) is 0 Å². The number of hydrogen-bond donors (Lipinski definition) is 1. The molecular weight excluding hydrogens is 265 g/mol. The highest BCUT2D eigenvalue weighted by Crippen LogP contribution is 2.31. The molecule has 106 valence electrons. The summed E-state index contributed by atoms with van der Waals surface area (Å²) >= 11 is 0. The van der Waals surface area contributed by atoms with E-state index in [1.165, 1.54) is 18.2 Å².